The smallest absolute Gasteiger partial charge is 0.335 e. The molecule has 0 bridgehead atoms. The lowest BCUT2D eigenvalue weighted by Gasteiger charge is -2.43. The van der Waals surface area contributed by atoms with E-state index in [-0.39, 0.29) is 31.3 Å². The molecule has 1 atom stereocenters. The van der Waals surface area contributed by atoms with E-state index in [9.17, 15) is 9.59 Å². The minimum atomic E-state index is -2.80. The van der Waals surface area contributed by atoms with E-state index in [2.05, 4.69) is 45.0 Å². The fourth-order valence-corrected chi connectivity index (χ4v) is 9.29. The topological polar surface area (TPSA) is 71.1 Å². The molecule has 214 valence electrons. The number of hydrogen-bond acceptors (Lipinski definition) is 6. The fourth-order valence-electron chi connectivity index (χ4n) is 4.71. The maximum absolute atomic E-state index is 13.2. The van der Waals surface area contributed by atoms with Gasteiger partial charge in [0.2, 0.25) is 0 Å². The molecule has 0 spiro atoms. The van der Waals surface area contributed by atoms with Gasteiger partial charge in [0.25, 0.3) is 8.32 Å². The SMILES string of the molecule is CC(C)(C)OC(=O)COC(CCO[Si](c1ccccc1)(c1ccccc1)C(C)(C)C)C(=O)OCc1ccccc1. The first-order valence-corrected chi connectivity index (χ1v) is 15.6. The van der Waals surface area contributed by atoms with Crippen LogP contribution in [0.3, 0.4) is 0 Å². The number of carbonyl (C=O) groups is 2. The molecule has 0 saturated carbocycles. The van der Waals surface area contributed by atoms with Crippen LogP contribution in [-0.4, -0.2) is 45.2 Å². The summed E-state index contributed by atoms with van der Waals surface area (Å²) < 4.78 is 23.7. The predicted octanol–water partition coefficient (Wildman–Crippen LogP) is 5.42. The van der Waals surface area contributed by atoms with Gasteiger partial charge in [-0.15, -0.1) is 0 Å². The minimum Gasteiger partial charge on any atom is -0.459 e. The summed E-state index contributed by atoms with van der Waals surface area (Å²) in [6, 6.07) is 30.0. The minimum absolute atomic E-state index is 0.113. The van der Waals surface area contributed by atoms with Crippen molar-refractivity contribution < 1.29 is 28.2 Å². The molecule has 7 heteroatoms. The molecule has 0 radical (unpaired) electrons. The summed E-state index contributed by atoms with van der Waals surface area (Å²) in [5.41, 5.74) is 0.209. The molecule has 0 N–H and O–H groups in total. The largest absolute Gasteiger partial charge is 0.459 e. The summed E-state index contributed by atoms with van der Waals surface area (Å²) in [6.45, 7) is 11.9. The molecule has 3 aromatic carbocycles. The summed E-state index contributed by atoms with van der Waals surface area (Å²) in [4.78, 5) is 25.5. The summed E-state index contributed by atoms with van der Waals surface area (Å²) in [5.74, 6) is -1.08. The van der Waals surface area contributed by atoms with Gasteiger partial charge in [0, 0.05) is 13.0 Å². The van der Waals surface area contributed by atoms with Crippen molar-refractivity contribution in [2.45, 2.75) is 71.3 Å². The molecule has 0 aromatic heterocycles. The van der Waals surface area contributed by atoms with E-state index in [0.29, 0.717) is 0 Å². The second-order valence-electron chi connectivity index (χ2n) is 11.8. The number of ether oxygens (including phenoxy) is 3. The van der Waals surface area contributed by atoms with Crippen LogP contribution >= 0.6 is 0 Å². The second kappa shape index (κ2) is 13.9. The lowest BCUT2D eigenvalue weighted by Crippen LogP contribution is -2.66. The molecule has 3 aromatic rings. The van der Waals surface area contributed by atoms with Crippen LogP contribution in [0.5, 0.6) is 0 Å². The van der Waals surface area contributed by atoms with Crippen LogP contribution in [0, 0.1) is 0 Å². The van der Waals surface area contributed by atoms with Gasteiger partial charge in [0.1, 0.15) is 18.8 Å². The van der Waals surface area contributed by atoms with Crippen molar-refractivity contribution in [1.29, 1.82) is 0 Å². The first kappa shape index (κ1) is 31.3. The number of esters is 2. The molecule has 0 saturated heterocycles. The Bertz CT molecular complexity index is 1160. The molecule has 0 heterocycles. The van der Waals surface area contributed by atoms with Gasteiger partial charge in [-0.25, -0.2) is 9.59 Å². The Morgan fingerprint density at radius 1 is 0.750 bits per heavy atom. The highest BCUT2D eigenvalue weighted by molar-refractivity contribution is 6.99. The molecular formula is C33H42O6Si. The van der Waals surface area contributed by atoms with Gasteiger partial charge in [0.15, 0.2) is 6.10 Å². The Morgan fingerprint density at radius 3 is 1.73 bits per heavy atom. The number of carbonyl (C=O) groups excluding carboxylic acids is 2. The molecule has 0 aliphatic rings. The highest BCUT2D eigenvalue weighted by Crippen LogP contribution is 2.36. The first-order valence-electron chi connectivity index (χ1n) is 13.7. The van der Waals surface area contributed by atoms with Crippen molar-refractivity contribution in [3.05, 3.63) is 96.6 Å². The predicted molar refractivity (Wildman–Crippen MR) is 160 cm³/mol. The highest BCUT2D eigenvalue weighted by Gasteiger charge is 2.50. The normalized spacial score (nSPS) is 12.9. The Balaban J connectivity index is 1.82. The van der Waals surface area contributed by atoms with Crippen molar-refractivity contribution in [2.75, 3.05) is 13.2 Å². The van der Waals surface area contributed by atoms with Gasteiger partial charge in [0.05, 0.1) is 0 Å². The number of benzene rings is 3. The maximum Gasteiger partial charge on any atom is 0.335 e. The van der Waals surface area contributed by atoms with Gasteiger partial charge in [-0.1, -0.05) is 112 Å². The monoisotopic (exact) mass is 562 g/mol. The Kier molecular flexibility index (Phi) is 10.9. The van der Waals surface area contributed by atoms with Crippen molar-refractivity contribution in [3.8, 4) is 0 Å². The molecule has 0 fully saturated rings. The molecule has 3 rings (SSSR count). The molecule has 0 aliphatic heterocycles. The van der Waals surface area contributed by atoms with Crippen LogP contribution in [0.1, 0.15) is 53.5 Å². The van der Waals surface area contributed by atoms with Gasteiger partial charge in [-0.05, 0) is 41.7 Å². The molecule has 40 heavy (non-hydrogen) atoms. The zero-order valence-electron chi connectivity index (χ0n) is 24.5. The zero-order chi connectivity index (χ0) is 29.2. The van der Waals surface area contributed by atoms with Crippen LogP contribution in [0.25, 0.3) is 0 Å². The third-order valence-electron chi connectivity index (χ3n) is 6.42. The molecule has 0 aliphatic carbocycles. The Morgan fingerprint density at radius 2 is 1.25 bits per heavy atom. The summed E-state index contributed by atoms with van der Waals surface area (Å²) in [6.07, 6.45) is -0.768. The second-order valence-corrected chi connectivity index (χ2v) is 16.1. The van der Waals surface area contributed by atoms with Crippen molar-refractivity contribution in [2.24, 2.45) is 0 Å². The number of hydrogen-bond donors (Lipinski definition) is 0. The van der Waals surface area contributed by atoms with E-state index >= 15 is 0 Å². The van der Waals surface area contributed by atoms with Crippen molar-refractivity contribution >= 4 is 30.6 Å². The fraction of sp³-hybridized carbons (Fsp3) is 0.394. The van der Waals surface area contributed by atoms with Crippen molar-refractivity contribution in [3.63, 3.8) is 0 Å². The average Bonchev–Trinajstić information content (AvgIpc) is 2.91. The van der Waals surface area contributed by atoms with E-state index < -0.39 is 32.0 Å². The standard InChI is InChI=1S/C33H42O6Si/c1-32(2,3)39-30(34)25-36-29(31(35)37-24-26-16-10-7-11-17-26)22-23-38-40(33(4,5)6,27-18-12-8-13-19-27)28-20-14-9-15-21-28/h7-21,29H,22-25H2,1-6H3. The Labute approximate surface area is 239 Å². The highest BCUT2D eigenvalue weighted by atomic mass is 28.4. The average molecular weight is 563 g/mol. The summed E-state index contributed by atoms with van der Waals surface area (Å²) in [7, 11) is -2.80. The maximum atomic E-state index is 13.2. The third-order valence-corrected chi connectivity index (χ3v) is 11.5. The molecular weight excluding hydrogens is 520 g/mol. The summed E-state index contributed by atoms with van der Waals surface area (Å²) in [5, 5.41) is 2.08. The van der Waals surface area contributed by atoms with E-state index in [4.69, 9.17) is 18.6 Å². The van der Waals surface area contributed by atoms with Gasteiger partial charge >= 0.3 is 11.9 Å². The van der Waals surface area contributed by atoms with Gasteiger partial charge in [-0.3, -0.25) is 0 Å². The molecule has 0 amide bonds. The first-order chi connectivity index (χ1) is 18.9. The summed E-state index contributed by atoms with van der Waals surface area (Å²) >= 11 is 0. The van der Waals surface area contributed by atoms with Crippen molar-refractivity contribution in [1.82, 2.24) is 0 Å². The quantitative estimate of drug-likeness (QED) is 0.217. The molecule has 6 nitrogen and oxygen atoms in total. The molecule has 1 unspecified atom stereocenters. The lowest BCUT2D eigenvalue weighted by molar-refractivity contribution is -0.170. The van der Waals surface area contributed by atoms with Gasteiger partial charge < -0.3 is 18.6 Å². The van der Waals surface area contributed by atoms with E-state index in [1.54, 1.807) is 20.8 Å². The van der Waals surface area contributed by atoms with Crippen LogP contribution in [0.2, 0.25) is 5.04 Å². The van der Waals surface area contributed by atoms with E-state index in [0.717, 1.165) is 15.9 Å². The number of rotatable bonds is 12. The van der Waals surface area contributed by atoms with E-state index in [1.807, 2.05) is 66.7 Å². The zero-order valence-corrected chi connectivity index (χ0v) is 25.5. The van der Waals surface area contributed by atoms with Crippen LogP contribution < -0.4 is 10.4 Å². The van der Waals surface area contributed by atoms with Crippen LogP contribution in [0.4, 0.5) is 0 Å². The lowest BCUT2D eigenvalue weighted by atomic mass is 10.2. The Hall–Kier alpha value is -3.26. The van der Waals surface area contributed by atoms with Crippen LogP contribution in [-0.2, 0) is 34.8 Å². The third kappa shape index (κ3) is 8.62. The van der Waals surface area contributed by atoms with Crippen LogP contribution in [0.15, 0.2) is 91.0 Å². The van der Waals surface area contributed by atoms with E-state index in [1.165, 1.54) is 0 Å². The van der Waals surface area contributed by atoms with Gasteiger partial charge in [-0.2, -0.15) is 0 Å².